The molecule has 0 aliphatic carbocycles. The van der Waals surface area contributed by atoms with Crippen molar-refractivity contribution in [3.8, 4) is 11.5 Å². The van der Waals surface area contributed by atoms with E-state index in [2.05, 4.69) is 15.4 Å². The number of piperidine rings is 1. The summed E-state index contributed by atoms with van der Waals surface area (Å²) >= 11 is 0. The third-order valence-electron chi connectivity index (χ3n) is 6.60. The molecule has 0 atom stereocenters. The van der Waals surface area contributed by atoms with Gasteiger partial charge in [-0.3, -0.25) is 14.4 Å². The second-order valence-corrected chi connectivity index (χ2v) is 9.18. The van der Waals surface area contributed by atoms with Crippen LogP contribution in [0.5, 0.6) is 11.5 Å². The second kappa shape index (κ2) is 9.80. The molecule has 10 nitrogen and oxygen atoms in total. The molecule has 0 radical (unpaired) electrons. The van der Waals surface area contributed by atoms with Gasteiger partial charge in [0.25, 0.3) is 5.91 Å². The minimum Gasteiger partial charge on any atom is -0.486 e. The minimum atomic E-state index is -0.605. The molecule has 2 aromatic carbocycles. The van der Waals surface area contributed by atoms with Crippen LogP contribution in [0.2, 0.25) is 0 Å². The first kappa shape index (κ1) is 23.5. The molecule has 1 aromatic heterocycles. The molecule has 10 heteroatoms. The fraction of sp³-hybridized carbons (Fsp3) is 0.346. The fourth-order valence-electron chi connectivity index (χ4n) is 4.61. The van der Waals surface area contributed by atoms with E-state index < -0.39 is 5.60 Å². The van der Waals surface area contributed by atoms with Gasteiger partial charge in [0.1, 0.15) is 29.8 Å². The van der Waals surface area contributed by atoms with Gasteiger partial charge >= 0.3 is 0 Å². The summed E-state index contributed by atoms with van der Waals surface area (Å²) in [7, 11) is 0. The number of hydrogen-bond donors (Lipinski definition) is 1. The molecule has 1 spiro atoms. The third kappa shape index (κ3) is 5.22. The van der Waals surface area contributed by atoms with Crippen molar-refractivity contribution in [2.45, 2.75) is 38.3 Å². The van der Waals surface area contributed by atoms with Crippen molar-refractivity contribution in [2.75, 3.05) is 25.0 Å². The first-order valence-corrected chi connectivity index (χ1v) is 11.8. The molecule has 1 saturated heterocycles. The number of ketones is 1. The fourth-order valence-corrected chi connectivity index (χ4v) is 4.61. The first-order chi connectivity index (χ1) is 17.4. The summed E-state index contributed by atoms with van der Waals surface area (Å²) < 4.78 is 13.7. The lowest BCUT2D eigenvalue weighted by Gasteiger charge is -2.43. The Hall–Kier alpha value is -4.21. The van der Waals surface area contributed by atoms with Crippen LogP contribution in [-0.2, 0) is 16.1 Å². The van der Waals surface area contributed by atoms with E-state index in [9.17, 15) is 14.4 Å². The van der Waals surface area contributed by atoms with Crippen molar-refractivity contribution in [3.05, 3.63) is 66.2 Å². The van der Waals surface area contributed by atoms with Crippen molar-refractivity contribution >= 4 is 23.3 Å². The Morgan fingerprint density at radius 2 is 1.92 bits per heavy atom. The Morgan fingerprint density at radius 1 is 1.14 bits per heavy atom. The van der Waals surface area contributed by atoms with Crippen LogP contribution < -0.4 is 14.8 Å². The number of rotatable bonds is 6. The lowest BCUT2D eigenvalue weighted by molar-refractivity contribution is -0.132. The summed E-state index contributed by atoms with van der Waals surface area (Å²) in [6.45, 7) is 3.09. The smallest absolute Gasteiger partial charge is 0.262 e. The van der Waals surface area contributed by atoms with Gasteiger partial charge in [0.2, 0.25) is 5.91 Å². The second-order valence-electron chi connectivity index (χ2n) is 9.18. The highest BCUT2D eigenvalue weighted by molar-refractivity contribution is 6.00. The molecule has 186 valence electrons. The predicted octanol–water partition coefficient (Wildman–Crippen LogP) is 2.69. The van der Waals surface area contributed by atoms with Crippen LogP contribution in [0.1, 0.15) is 42.1 Å². The number of likely N-dealkylation sites (tertiary alicyclic amines) is 1. The molecule has 0 unspecified atom stereocenters. The van der Waals surface area contributed by atoms with Gasteiger partial charge in [0.05, 0.1) is 18.5 Å². The van der Waals surface area contributed by atoms with E-state index in [0.29, 0.717) is 61.6 Å². The quantitative estimate of drug-likeness (QED) is 0.566. The summed E-state index contributed by atoms with van der Waals surface area (Å²) in [5.74, 6) is 0.650. The van der Waals surface area contributed by atoms with Gasteiger partial charge in [-0.1, -0.05) is 12.1 Å². The van der Waals surface area contributed by atoms with Crippen molar-refractivity contribution in [1.29, 1.82) is 0 Å². The number of carbonyl (C=O) groups is 3. The maximum atomic E-state index is 12.8. The van der Waals surface area contributed by atoms with E-state index in [1.807, 2.05) is 24.3 Å². The topological polar surface area (TPSA) is 116 Å². The largest absolute Gasteiger partial charge is 0.486 e. The van der Waals surface area contributed by atoms with Gasteiger partial charge in [0.15, 0.2) is 12.4 Å². The van der Waals surface area contributed by atoms with Gasteiger partial charge in [0, 0.05) is 44.6 Å². The summed E-state index contributed by atoms with van der Waals surface area (Å²) in [4.78, 5) is 42.6. The van der Waals surface area contributed by atoms with Crippen LogP contribution in [0.15, 0.2) is 55.1 Å². The average Bonchev–Trinajstić information content (AvgIpc) is 3.37. The normalized spacial score (nSPS) is 16.2. The molecule has 5 rings (SSSR count). The van der Waals surface area contributed by atoms with Gasteiger partial charge in [-0.2, -0.15) is 5.10 Å². The Balaban J connectivity index is 1.17. The third-order valence-corrected chi connectivity index (χ3v) is 6.60. The van der Waals surface area contributed by atoms with Crippen LogP contribution in [0.3, 0.4) is 0 Å². The zero-order valence-electron chi connectivity index (χ0n) is 20.0. The zero-order valence-corrected chi connectivity index (χ0v) is 20.0. The minimum absolute atomic E-state index is 0.0177. The molecule has 36 heavy (non-hydrogen) atoms. The zero-order chi connectivity index (χ0) is 25.1. The van der Waals surface area contributed by atoms with Gasteiger partial charge in [-0.15, -0.1) is 0 Å². The number of carbonyl (C=O) groups excluding carboxylic acids is 3. The van der Waals surface area contributed by atoms with Gasteiger partial charge < -0.3 is 19.7 Å². The van der Waals surface area contributed by atoms with Gasteiger partial charge in [-0.25, -0.2) is 9.67 Å². The molecule has 1 fully saturated rings. The maximum Gasteiger partial charge on any atom is 0.262 e. The van der Waals surface area contributed by atoms with E-state index in [0.717, 1.165) is 5.56 Å². The van der Waals surface area contributed by atoms with Crippen molar-refractivity contribution in [1.82, 2.24) is 19.7 Å². The highest BCUT2D eigenvalue weighted by Gasteiger charge is 2.43. The molecule has 0 saturated carbocycles. The Labute approximate surface area is 208 Å². The summed E-state index contributed by atoms with van der Waals surface area (Å²) in [5, 5.41) is 6.89. The van der Waals surface area contributed by atoms with E-state index in [4.69, 9.17) is 9.47 Å². The maximum absolute atomic E-state index is 12.8. The number of Topliss-reactive ketones (excluding diaryl/α,β-unsaturated/α-hetero) is 1. The molecular weight excluding hydrogens is 462 g/mol. The van der Waals surface area contributed by atoms with E-state index in [1.165, 1.54) is 6.33 Å². The summed E-state index contributed by atoms with van der Waals surface area (Å²) in [5.41, 5.74) is 1.59. The number of anilines is 1. The lowest BCUT2D eigenvalue weighted by Crippen LogP contribution is -2.51. The molecule has 3 heterocycles. The molecule has 2 aliphatic heterocycles. The number of nitrogens with one attached hydrogen (secondary N) is 1. The van der Waals surface area contributed by atoms with Crippen LogP contribution >= 0.6 is 0 Å². The molecule has 2 aliphatic rings. The number of fused-ring (bicyclic) bond motifs is 1. The van der Waals surface area contributed by atoms with Gasteiger partial charge in [-0.05, 0) is 29.8 Å². The molecule has 1 N–H and O–H groups in total. The van der Waals surface area contributed by atoms with Crippen LogP contribution in [-0.4, -0.2) is 62.6 Å². The van der Waals surface area contributed by atoms with Crippen LogP contribution in [0, 0.1) is 0 Å². The van der Waals surface area contributed by atoms with E-state index in [1.54, 1.807) is 41.0 Å². The number of amides is 2. The molecular formula is C26H27N5O5. The summed E-state index contributed by atoms with van der Waals surface area (Å²) in [6.07, 6.45) is 4.63. The predicted molar refractivity (Wildman–Crippen MR) is 130 cm³/mol. The number of benzene rings is 2. The Morgan fingerprint density at radius 3 is 2.61 bits per heavy atom. The van der Waals surface area contributed by atoms with E-state index >= 15 is 0 Å². The van der Waals surface area contributed by atoms with Crippen molar-refractivity contribution in [3.63, 3.8) is 0 Å². The SMILES string of the molecule is CC(=O)N1CCC2(CC1)CC(=O)c1ccc(OCC(=O)Nc3ccc(Cn4cncn4)cc3)cc1O2. The molecule has 0 bridgehead atoms. The number of ether oxygens (including phenoxy) is 2. The number of nitrogens with zero attached hydrogens (tertiary/aromatic N) is 4. The highest BCUT2D eigenvalue weighted by Crippen LogP contribution is 2.40. The van der Waals surface area contributed by atoms with E-state index in [-0.39, 0.29) is 24.2 Å². The Bertz CT molecular complexity index is 1260. The number of aromatic nitrogens is 3. The first-order valence-electron chi connectivity index (χ1n) is 11.8. The number of hydrogen-bond acceptors (Lipinski definition) is 7. The average molecular weight is 490 g/mol. The van der Waals surface area contributed by atoms with Crippen LogP contribution in [0.25, 0.3) is 0 Å². The highest BCUT2D eigenvalue weighted by atomic mass is 16.5. The molecule has 2 amide bonds. The monoisotopic (exact) mass is 489 g/mol. The Kier molecular flexibility index (Phi) is 6.41. The summed E-state index contributed by atoms with van der Waals surface area (Å²) in [6, 6.07) is 12.5. The lowest BCUT2D eigenvalue weighted by atomic mass is 9.82. The van der Waals surface area contributed by atoms with Crippen molar-refractivity contribution in [2.24, 2.45) is 0 Å². The molecule has 3 aromatic rings. The van der Waals surface area contributed by atoms with Crippen molar-refractivity contribution < 1.29 is 23.9 Å². The van der Waals surface area contributed by atoms with Crippen LogP contribution in [0.4, 0.5) is 5.69 Å². The standard InChI is InChI=1S/C26H27N5O5/c1-18(32)30-10-8-26(9-11-30)13-23(33)22-7-6-21(12-24(22)36-26)35-15-25(34)29-20-4-2-19(3-5-20)14-31-17-27-16-28-31/h2-7,12,16-17H,8-11,13-15H2,1H3,(H,29,34).